The number of nitrogens with zero attached hydrogens (tertiary/aromatic N) is 2. The second-order valence-electron chi connectivity index (χ2n) is 8.64. The van der Waals surface area contributed by atoms with Crippen LogP contribution < -0.4 is 0 Å². The van der Waals surface area contributed by atoms with E-state index >= 15 is 0 Å². The topological polar surface area (TPSA) is 53.0 Å². The first-order valence-electron chi connectivity index (χ1n) is 10.5. The van der Waals surface area contributed by atoms with Crippen molar-refractivity contribution in [3.63, 3.8) is 0 Å². The van der Waals surface area contributed by atoms with Gasteiger partial charge in [0.2, 0.25) is 0 Å². The predicted molar refractivity (Wildman–Crippen MR) is 105 cm³/mol. The van der Waals surface area contributed by atoms with Gasteiger partial charge in [0.1, 0.15) is 0 Å². The van der Waals surface area contributed by atoms with E-state index in [1.165, 1.54) is 0 Å². The third kappa shape index (κ3) is 4.05. The third-order valence-electron chi connectivity index (χ3n) is 6.74. The molecular formula is C22H32N2O3. The normalized spacial score (nSPS) is 28.1. The Labute approximate surface area is 162 Å². The van der Waals surface area contributed by atoms with Crippen LogP contribution >= 0.6 is 0 Å². The van der Waals surface area contributed by atoms with Gasteiger partial charge in [0.15, 0.2) is 0 Å². The number of ether oxygens (including phenoxy) is 1. The van der Waals surface area contributed by atoms with Crippen LogP contribution in [-0.4, -0.2) is 72.4 Å². The first-order valence-corrected chi connectivity index (χ1v) is 10.5. The Balaban J connectivity index is 1.32. The van der Waals surface area contributed by atoms with E-state index in [9.17, 15) is 9.90 Å². The van der Waals surface area contributed by atoms with Crippen LogP contribution in [0.25, 0.3) is 0 Å². The van der Waals surface area contributed by atoms with E-state index < -0.39 is 0 Å². The number of hydrogen-bond donors (Lipinski definition) is 1. The molecule has 2 atom stereocenters. The van der Waals surface area contributed by atoms with Crippen molar-refractivity contribution in [3.8, 4) is 0 Å². The summed E-state index contributed by atoms with van der Waals surface area (Å²) >= 11 is 0. The number of carbonyl (C=O) groups is 1. The SMILES string of the molecule is CCc1ccccc1C(=O)N1CCC2(CC1)CO[C@H](CN1CC[C@H](O)C1)C2. The second kappa shape index (κ2) is 7.90. The van der Waals surface area contributed by atoms with E-state index in [0.717, 1.165) is 82.6 Å². The highest BCUT2D eigenvalue weighted by Gasteiger charge is 2.43. The van der Waals surface area contributed by atoms with Gasteiger partial charge in [-0.2, -0.15) is 0 Å². The molecule has 1 N–H and O–H groups in total. The first-order chi connectivity index (χ1) is 13.1. The number of aliphatic hydroxyl groups is 1. The van der Waals surface area contributed by atoms with Crippen LogP contribution in [0.15, 0.2) is 24.3 Å². The average Bonchev–Trinajstić information content (AvgIpc) is 3.28. The van der Waals surface area contributed by atoms with Gasteiger partial charge in [0, 0.05) is 38.3 Å². The van der Waals surface area contributed by atoms with Crippen molar-refractivity contribution in [2.75, 3.05) is 39.3 Å². The summed E-state index contributed by atoms with van der Waals surface area (Å²) in [7, 11) is 0. The number of amides is 1. The summed E-state index contributed by atoms with van der Waals surface area (Å²) in [5.74, 6) is 0.184. The number of rotatable bonds is 4. The third-order valence-corrected chi connectivity index (χ3v) is 6.74. The molecule has 27 heavy (non-hydrogen) atoms. The van der Waals surface area contributed by atoms with Crippen LogP contribution in [0.4, 0.5) is 0 Å². The van der Waals surface area contributed by atoms with Crippen LogP contribution in [0.1, 0.15) is 48.5 Å². The largest absolute Gasteiger partial charge is 0.392 e. The Morgan fingerprint density at radius 2 is 2.04 bits per heavy atom. The molecule has 0 aliphatic carbocycles. The van der Waals surface area contributed by atoms with E-state index in [4.69, 9.17) is 4.74 Å². The molecule has 3 aliphatic heterocycles. The predicted octanol–water partition coefficient (Wildman–Crippen LogP) is 2.33. The van der Waals surface area contributed by atoms with E-state index in [1.807, 2.05) is 23.1 Å². The summed E-state index contributed by atoms with van der Waals surface area (Å²) in [4.78, 5) is 17.3. The highest BCUT2D eigenvalue weighted by atomic mass is 16.5. The van der Waals surface area contributed by atoms with Gasteiger partial charge >= 0.3 is 0 Å². The lowest BCUT2D eigenvalue weighted by molar-refractivity contribution is 0.0450. The molecule has 0 radical (unpaired) electrons. The minimum Gasteiger partial charge on any atom is -0.392 e. The highest BCUT2D eigenvalue weighted by molar-refractivity contribution is 5.95. The number of carbonyl (C=O) groups excluding carboxylic acids is 1. The van der Waals surface area contributed by atoms with Crippen LogP contribution in [0, 0.1) is 5.41 Å². The second-order valence-corrected chi connectivity index (χ2v) is 8.64. The van der Waals surface area contributed by atoms with Gasteiger partial charge in [0.25, 0.3) is 5.91 Å². The molecular weight excluding hydrogens is 340 g/mol. The molecule has 1 amide bonds. The van der Waals surface area contributed by atoms with Crippen molar-refractivity contribution in [1.82, 2.24) is 9.80 Å². The monoisotopic (exact) mass is 372 g/mol. The van der Waals surface area contributed by atoms with Gasteiger partial charge < -0.3 is 14.7 Å². The zero-order valence-electron chi connectivity index (χ0n) is 16.4. The van der Waals surface area contributed by atoms with E-state index in [-0.39, 0.29) is 23.5 Å². The van der Waals surface area contributed by atoms with Crippen molar-refractivity contribution in [2.45, 2.75) is 51.2 Å². The van der Waals surface area contributed by atoms with Crippen molar-refractivity contribution in [1.29, 1.82) is 0 Å². The van der Waals surface area contributed by atoms with Gasteiger partial charge in [-0.15, -0.1) is 0 Å². The van der Waals surface area contributed by atoms with E-state index in [2.05, 4.69) is 17.9 Å². The maximum absolute atomic E-state index is 13.0. The van der Waals surface area contributed by atoms with Gasteiger partial charge in [-0.05, 0) is 49.1 Å². The number of β-amino-alcohol motifs (C(OH)–C–C–N with tert-alkyl or cyclic N) is 1. The lowest BCUT2D eigenvalue weighted by Gasteiger charge is -2.38. The maximum Gasteiger partial charge on any atom is 0.254 e. The van der Waals surface area contributed by atoms with Gasteiger partial charge in [-0.25, -0.2) is 0 Å². The summed E-state index contributed by atoms with van der Waals surface area (Å²) in [6.07, 6.45) is 5.04. The lowest BCUT2D eigenvalue weighted by Crippen LogP contribution is -2.44. The zero-order chi connectivity index (χ0) is 18.9. The number of hydrogen-bond acceptors (Lipinski definition) is 4. The van der Waals surface area contributed by atoms with Crippen LogP contribution in [0.5, 0.6) is 0 Å². The molecule has 1 aromatic carbocycles. The number of aliphatic hydroxyl groups excluding tert-OH is 1. The van der Waals surface area contributed by atoms with Crippen molar-refractivity contribution in [3.05, 3.63) is 35.4 Å². The summed E-state index contributed by atoms with van der Waals surface area (Å²) < 4.78 is 6.13. The van der Waals surface area contributed by atoms with E-state index in [0.29, 0.717) is 0 Å². The Morgan fingerprint density at radius 1 is 1.26 bits per heavy atom. The number of likely N-dealkylation sites (tertiary alicyclic amines) is 2. The quantitative estimate of drug-likeness (QED) is 0.881. The summed E-state index contributed by atoms with van der Waals surface area (Å²) in [5.41, 5.74) is 2.24. The van der Waals surface area contributed by atoms with Crippen molar-refractivity contribution in [2.24, 2.45) is 5.41 Å². The lowest BCUT2D eigenvalue weighted by atomic mass is 9.76. The molecule has 0 aromatic heterocycles. The van der Waals surface area contributed by atoms with Crippen molar-refractivity contribution < 1.29 is 14.6 Å². The average molecular weight is 373 g/mol. The molecule has 0 saturated carbocycles. The molecule has 3 heterocycles. The minimum absolute atomic E-state index is 0.166. The molecule has 1 spiro atoms. The standard InChI is InChI=1S/C22H32N2O3/c1-2-17-5-3-4-6-20(17)21(26)24-11-8-22(9-12-24)13-19(27-16-22)15-23-10-7-18(25)14-23/h3-6,18-19,25H,2,7-16H2,1H3/t18-,19-/m0/s1. The fourth-order valence-corrected chi connectivity index (χ4v) is 5.02. The zero-order valence-corrected chi connectivity index (χ0v) is 16.4. The Morgan fingerprint density at radius 3 is 2.74 bits per heavy atom. The van der Waals surface area contributed by atoms with E-state index in [1.54, 1.807) is 0 Å². The van der Waals surface area contributed by atoms with Crippen molar-refractivity contribution >= 4 is 5.91 Å². The molecule has 5 nitrogen and oxygen atoms in total. The Kier molecular flexibility index (Phi) is 5.53. The number of aryl methyl sites for hydroxylation is 1. The summed E-state index contributed by atoms with van der Waals surface area (Å²) in [6.45, 7) is 7.28. The molecule has 3 fully saturated rings. The molecule has 0 bridgehead atoms. The van der Waals surface area contributed by atoms with Gasteiger partial charge in [-0.1, -0.05) is 25.1 Å². The summed E-state index contributed by atoms with van der Waals surface area (Å²) in [5, 5.41) is 9.71. The van der Waals surface area contributed by atoms with Gasteiger partial charge in [0.05, 0.1) is 18.8 Å². The fraction of sp³-hybridized carbons (Fsp3) is 0.682. The maximum atomic E-state index is 13.0. The molecule has 3 saturated heterocycles. The van der Waals surface area contributed by atoms with Crippen LogP contribution in [0.3, 0.4) is 0 Å². The fourth-order valence-electron chi connectivity index (χ4n) is 5.02. The van der Waals surface area contributed by atoms with Crippen LogP contribution in [0.2, 0.25) is 0 Å². The van der Waals surface area contributed by atoms with Gasteiger partial charge in [-0.3, -0.25) is 9.69 Å². The first kappa shape index (κ1) is 18.9. The number of benzene rings is 1. The molecule has 1 aromatic rings. The molecule has 5 heteroatoms. The molecule has 4 rings (SSSR count). The summed E-state index contributed by atoms with van der Waals surface area (Å²) in [6, 6.07) is 7.99. The minimum atomic E-state index is -0.166. The highest BCUT2D eigenvalue weighted by Crippen LogP contribution is 2.42. The number of piperidine rings is 1. The Bertz CT molecular complexity index is 669. The van der Waals surface area contributed by atoms with Crippen LogP contribution in [-0.2, 0) is 11.2 Å². The molecule has 0 unspecified atom stereocenters. The smallest absolute Gasteiger partial charge is 0.254 e. The Hall–Kier alpha value is -1.43. The molecule has 3 aliphatic rings. The molecule has 148 valence electrons.